The average molecular weight is 352 g/mol. The highest BCUT2D eigenvalue weighted by Gasteiger charge is 2.07. The first-order valence-electron chi connectivity index (χ1n) is 5.86. The van der Waals surface area contributed by atoms with Crippen molar-refractivity contribution in [1.82, 2.24) is 4.98 Å². The molecule has 6 heteroatoms. The summed E-state index contributed by atoms with van der Waals surface area (Å²) in [6.45, 7) is 0. The van der Waals surface area contributed by atoms with Gasteiger partial charge in [0.1, 0.15) is 11.6 Å². The van der Waals surface area contributed by atoms with Crippen LogP contribution in [0.2, 0.25) is 0 Å². The van der Waals surface area contributed by atoms with Crippen molar-refractivity contribution in [2.24, 2.45) is 5.73 Å². The number of amidine groups is 1. The lowest BCUT2D eigenvalue weighted by atomic mass is 10.1. The third-order valence-corrected chi connectivity index (χ3v) is 4.13. The van der Waals surface area contributed by atoms with Crippen molar-refractivity contribution < 1.29 is 4.74 Å². The normalized spacial score (nSPS) is 10.3. The fourth-order valence-corrected chi connectivity index (χ4v) is 2.68. The predicted molar refractivity (Wildman–Crippen MR) is 85.5 cm³/mol. The quantitative estimate of drug-likeness (QED) is 0.491. The molecule has 0 bridgehead atoms. The summed E-state index contributed by atoms with van der Waals surface area (Å²) in [5.41, 5.74) is 7.26. The van der Waals surface area contributed by atoms with Gasteiger partial charge in [-0.15, -0.1) is 11.8 Å². The van der Waals surface area contributed by atoms with Gasteiger partial charge >= 0.3 is 0 Å². The van der Waals surface area contributed by atoms with Crippen molar-refractivity contribution >= 4 is 33.5 Å². The summed E-state index contributed by atoms with van der Waals surface area (Å²) < 4.78 is 6.16. The maximum absolute atomic E-state index is 7.57. The van der Waals surface area contributed by atoms with Crippen molar-refractivity contribution in [3.63, 3.8) is 0 Å². The molecule has 0 aliphatic heterocycles. The Labute approximate surface area is 130 Å². The van der Waals surface area contributed by atoms with Crippen LogP contribution in [0, 0.1) is 5.41 Å². The summed E-state index contributed by atoms with van der Waals surface area (Å²) in [4.78, 5) is 4.31. The minimum atomic E-state index is 0.00969. The molecule has 4 nitrogen and oxygen atoms in total. The van der Waals surface area contributed by atoms with Gasteiger partial charge in [-0.1, -0.05) is 6.07 Å². The van der Waals surface area contributed by atoms with E-state index in [4.69, 9.17) is 15.9 Å². The van der Waals surface area contributed by atoms with E-state index in [0.29, 0.717) is 11.3 Å². The van der Waals surface area contributed by atoms with Crippen molar-refractivity contribution in [3.05, 3.63) is 52.1 Å². The van der Waals surface area contributed by atoms with Gasteiger partial charge in [0.2, 0.25) is 0 Å². The average Bonchev–Trinajstić information content (AvgIpc) is 2.46. The summed E-state index contributed by atoms with van der Waals surface area (Å²) in [6, 6.07) is 9.61. The summed E-state index contributed by atoms with van der Waals surface area (Å²) >= 11 is 4.99. The molecule has 0 aliphatic rings. The second kappa shape index (κ2) is 6.76. The molecule has 0 amide bonds. The number of methoxy groups -OCH3 is 1. The number of pyridine rings is 1. The number of hydrogen-bond donors (Lipinski definition) is 2. The van der Waals surface area contributed by atoms with Crippen LogP contribution in [-0.4, -0.2) is 17.9 Å². The van der Waals surface area contributed by atoms with Crippen LogP contribution in [0.25, 0.3) is 0 Å². The number of nitrogens with zero attached hydrogens (tertiary/aromatic N) is 1. The molecule has 0 unspecified atom stereocenters. The molecule has 0 aliphatic carbocycles. The Morgan fingerprint density at radius 1 is 1.40 bits per heavy atom. The fourth-order valence-electron chi connectivity index (χ4n) is 1.66. The number of benzene rings is 1. The van der Waals surface area contributed by atoms with Gasteiger partial charge in [0.15, 0.2) is 0 Å². The van der Waals surface area contributed by atoms with Gasteiger partial charge in [-0.05, 0) is 45.8 Å². The van der Waals surface area contributed by atoms with Gasteiger partial charge in [0, 0.05) is 16.4 Å². The van der Waals surface area contributed by atoms with Crippen LogP contribution in [-0.2, 0) is 5.75 Å². The molecule has 1 heterocycles. The lowest BCUT2D eigenvalue weighted by molar-refractivity contribution is 0.413. The van der Waals surface area contributed by atoms with Crippen LogP contribution in [0.15, 0.2) is 46.0 Å². The minimum absolute atomic E-state index is 0.00969. The van der Waals surface area contributed by atoms with Crippen molar-refractivity contribution in [1.29, 1.82) is 5.41 Å². The van der Waals surface area contributed by atoms with E-state index >= 15 is 0 Å². The zero-order valence-electron chi connectivity index (χ0n) is 10.9. The number of rotatable bonds is 5. The first kappa shape index (κ1) is 14.9. The number of nitrogens with one attached hydrogen (secondary N) is 1. The third-order valence-electron chi connectivity index (χ3n) is 2.64. The van der Waals surface area contributed by atoms with E-state index in [1.807, 2.05) is 30.3 Å². The van der Waals surface area contributed by atoms with Crippen LogP contribution in [0.5, 0.6) is 5.75 Å². The maximum Gasteiger partial charge on any atom is 0.129 e. The van der Waals surface area contributed by atoms with E-state index in [9.17, 15) is 0 Å². The van der Waals surface area contributed by atoms with E-state index in [1.165, 1.54) is 0 Å². The first-order valence-corrected chi connectivity index (χ1v) is 7.63. The molecule has 0 saturated heterocycles. The maximum atomic E-state index is 7.57. The third kappa shape index (κ3) is 3.74. The van der Waals surface area contributed by atoms with Gasteiger partial charge < -0.3 is 10.5 Å². The molecule has 2 rings (SSSR count). The van der Waals surface area contributed by atoms with E-state index in [0.717, 1.165) is 20.8 Å². The second-order valence-electron chi connectivity index (χ2n) is 4.05. The monoisotopic (exact) mass is 351 g/mol. The van der Waals surface area contributed by atoms with E-state index in [1.54, 1.807) is 25.1 Å². The van der Waals surface area contributed by atoms with Gasteiger partial charge in [-0.25, -0.2) is 4.98 Å². The van der Waals surface area contributed by atoms with Gasteiger partial charge in [-0.2, -0.15) is 0 Å². The highest BCUT2D eigenvalue weighted by molar-refractivity contribution is 9.10. The van der Waals surface area contributed by atoms with Crippen molar-refractivity contribution in [2.75, 3.05) is 7.11 Å². The molecule has 0 radical (unpaired) electrons. The molecule has 0 saturated carbocycles. The SMILES string of the molecule is COc1ccc(CSc2ccc(Br)cn2)cc1C(=N)N. The Balaban J connectivity index is 2.11. The zero-order chi connectivity index (χ0) is 14.5. The largest absolute Gasteiger partial charge is 0.496 e. The zero-order valence-corrected chi connectivity index (χ0v) is 13.3. The Kier molecular flexibility index (Phi) is 5.03. The molecule has 0 atom stereocenters. The van der Waals surface area contributed by atoms with Crippen molar-refractivity contribution in [3.8, 4) is 5.75 Å². The molecule has 104 valence electrons. The molecule has 1 aromatic carbocycles. The molecule has 0 spiro atoms. The van der Waals surface area contributed by atoms with Crippen LogP contribution in [0.1, 0.15) is 11.1 Å². The van der Waals surface area contributed by atoms with Gasteiger partial charge in [-0.3, -0.25) is 5.41 Å². The molecule has 3 N–H and O–H groups in total. The number of halogens is 1. The van der Waals surface area contributed by atoms with Crippen LogP contribution in [0.3, 0.4) is 0 Å². The molecular weight excluding hydrogens is 338 g/mol. The Morgan fingerprint density at radius 2 is 2.20 bits per heavy atom. The Morgan fingerprint density at radius 3 is 2.80 bits per heavy atom. The Bertz CT molecular complexity index is 616. The lowest BCUT2D eigenvalue weighted by Gasteiger charge is -2.09. The smallest absolute Gasteiger partial charge is 0.129 e. The molecular formula is C14H14BrN3OS. The number of ether oxygens (including phenoxy) is 1. The van der Waals surface area contributed by atoms with Gasteiger partial charge in [0.25, 0.3) is 0 Å². The van der Waals surface area contributed by atoms with E-state index in [-0.39, 0.29) is 5.84 Å². The highest BCUT2D eigenvalue weighted by atomic mass is 79.9. The summed E-state index contributed by atoms with van der Waals surface area (Å²) in [6.07, 6.45) is 1.78. The topological polar surface area (TPSA) is 72.0 Å². The highest BCUT2D eigenvalue weighted by Crippen LogP contribution is 2.25. The number of aromatic nitrogens is 1. The van der Waals surface area contributed by atoms with E-state index < -0.39 is 0 Å². The predicted octanol–water partition coefficient (Wildman–Crippen LogP) is 3.43. The summed E-state index contributed by atoms with van der Waals surface area (Å²) in [5, 5.41) is 8.52. The molecule has 1 aromatic heterocycles. The fraction of sp³-hybridized carbons (Fsp3) is 0.143. The Hall–Kier alpha value is -1.53. The van der Waals surface area contributed by atoms with Gasteiger partial charge in [0.05, 0.1) is 17.7 Å². The van der Waals surface area contributed by atoms with E-state index in [2.05, 4.69) is 20.9 Å². The molecule has 20 heavy (non-hydrogen) atoms. The van der Waals surface area contributed by atoms with Crippen LogP contribution < -0.4 is 10.5 Å². The minimum Gasteiger partial charge on any atom is -0.496 e. The van der Waals surface area contributed by atoms with Crippen molar-refractivity contribution in [2.45, 2.75) is 10.8 Å². The summed E-state index contributed by atoms with van der Waals surface area (Å²) in [5.74, 6) is 1.39. The molecule has 0 fully saturated rings. The lowest BCUT2D eigenvalue weighted by Crippen LogP contribution is -2.12. The first-order chi connectivity index (χ1) is 9.60. The van der Waals surface area contributed by atoms with Crippen LogP contribution in [0.4, 0.5) is 0 Å². The standard InChI is InChI=1S/C14H14BrN3OS/c1-19-12-4-2-9(6-11(12)14(16)17)8-20-13-5-3-10(15)7-18-13/h2-7H,8H2,1H3,(H3,16,17). The number of nitrogens with two attached hydrogens (primary N) is 1. The van der Waals surface area contributed by atoms with Crippen LogP contribution >= 0.6 is 27.7 Å². The summed E-state index contributed by atoms with van der Waals surface area (Å²) in [7, 11) is 1.57. The number of nitrogen functional groups attached to an aromatic ring is 1. The second-order valence-corrected chi connectivity index (χ2v) is 5.96. The number of thioether (sulfide) groups is 1. The molecule has 2 aromatic rings. The number of hydrogen-bond acceptors (Lipinski definition) is 4.